The van der Waals surface area contributed by atoms with Crippen LogP contribution in [0.4, 0.5) is 17.6 Å². The minimum atomic E-state index is -4.56. The molecule has 0 aliphatic heterocycles. The number of hydrogen-bond donors (Lipinski definition) is 2. The van der Waals surface area contributed by atoms with Crippen molar-refractivity contribution in [1.29, 1.82) is 0 Å². The molecule has 6 heteroatoms. The van der Waals surface area contributed by atoms with Gasteiger partial charge in [-0.2, -0.15) is 13.2 Å². The highest BCUT2D eigenvalue weighted by Crippen LogP contribution is 2.35. The van der Waals surface area contributed by atoms with Crippen LogP contribution in [0.2, 0.25) is 0 Å². The molecule has 0 amide bonds. The summed E-state index contributed by atoms with van der Waals surface area (Å²) in [5, 5.41) is 10.1. The Balaban J connectivity index is 2.26. The summed E-state index contributed by atoms with van der Waals surface area (Å²) >= 11 is 0. The van der Waals surface area contributed by atoms with Crippen LogP contribution < -0.4 is 5.73 Å². The molecule has 2 nitrogen and oxygen atoms in total. The van der Waals surface area contributed by atoms with Crippen LogP contribution in [0, 0.1) is 11.7 Å². The molecule has 0 bridgehead atoms. The van der Waals surface area contributed by atoms with E-state index >= 15 is 0 Å². The van der Waals surface area contributed by atoms with Gasteiger partial charge in [-0.05, 0) is 37.0 Å². The standard InChI is InChI=1S/C14H17F4NO/c15-11-6-5-9(14(16,17)18)7-10(11)12(19)13(20)8-3-1-2-4-8/h5-8,12-13,20H,1-4,19H2/t12-,13+/m0/s1. The number of rotatable bonds is 3. The number of aliphatic hydroxyl groups excluding tert-OH is 1. The summed E-state index contributed by atoms with van der Waals surface area (Å²) in [5.74, 6) is -0.888. The van der Waals surface area contributed by atoms with Crippen molar-refractivity contribution >= 4 is 0 Å². The Hall–Kier alpha value is -1.14. The first-order chi connectivity index (χ1) is 9.30. The van der Waals surface area contributed by atoms with Gasteiger partial charge in [0.1, 0.15) is 5.82 Å². The van der Waals surface area contributed by atoms with Crippen LogP contribution in [-0.4, -0.2) is 11.2 Å². The molecule has 1 aliphatic rings. The minimum Gasteiger partial charge on any atom is -0.391 e. The third kappa shape index (κ3) is 3.12. The van der Waals surface area contributed by atoms with E-state index in [9.17, 15) is 22.7 Å². The summed E-state index contributed by atoms with van der Waals surface area (Å²) in [7, 11) is 0. The van der Waals surface area contributed by atoms with Crippen molar-refractivity contribution in [2.45, 2.75) is 44.0 Å². The fraction of sp³-hybridized carbons (Fsp3) is 0.571. The summed E-state index contributed by atoms with van der Waals surface area (Å²) in [4.78, 5) is 0. The summed E-state index contributed by atoms with van der Waals surface area (Å²) in [6.45, 7) is 0. The van der Waals surface area contributed by atoms with Gasteiger partial charge in [-0.1, -0.05) is 12.8 Å². The second kappa shape index (κ2) is 5.69. The van der Waals surface area contributed by atoms with Crippen molar-refractivity contribution in [3.63, 3.8) is 0 Å². The monoisotopic (exact) mass is 291 g/mol. The maximum absolute atomic E-state index is 13.7. The molecule has 1 saturated carbocycles. The second-order valence-corrected chi connectivity index (χ2v) is 5.29. The molecule has 112 valence electrons. The third-order valence-corrected chi connectivity index (χ3v) is 3.93. The molecule has 0 saturated heterocycles. The van der Waals surface area contributed by atoms with Crippen molar-refractivity contribution in [3.05, 3.63) is 35.1 Å². The first kappa shape index (κ1) is 15.3. The fourth-order valence-electron chi connectivity index (χ4n) is 2.75. The largest absolute Gasteiger partial charge is 0.416 e. The summed E-state index contributed by atoms with van der Waals surface area (Å²) in [6.07, 6.45) is -2.11. The zero-order valence-corrected chi connectivity index (χ0v) is 10.8. The number of hydrogen-bond acceptors (Lipinski definition) is 2. The van der Waals surface area contributed by atoms with Crippen LogP contribution in [0.25, 0.3) is 0 Å². The fourth-order valence-corrected chi connectivity index (χ4v) is 2.75. The Morgan fingerprint density at radius 1 is 1.20 bits per heavy atom. The van der Waals surface area contributed by atoms with Crippen molar-refractivity contribution in [2.75, 3.05) is 0 Å². The lowest BCUT2D eigenvalue weighted by atomic mass is 9.90. The zero-order chi connectivity index (χ0) is 14.9. The lowest BCUT2D eigenvalue weighted by Gasteiger charge is -2.25. The minimum absolute atomic E-state index is 0.0704. The smallest absolute Gasteiger partial charge is 0.391 e. The molecule has 0 radical (unpaired) electrons. The molecule has 0 heterocycles. The van der Waals surface area contributed by atoms with Gasteiger partial charge in [-0.25, -0.2) is 4.39 Å². The number of halogens is 4. The van der Waals surface area contributed by atoms with Gasteiger partial charge < -0.3 is 10.8 Å². The Morgan fingerprint density at radius 2 is 1.80 bits per heavy atom. The van der Waals surface area contributed by atoms with E-state index in [0.717, 1.165) is 31.7 Å². The molecule has 1 aromatic rings. The van der Waals surface area contributed by atoms with Crippen LogP contribution >= 0.6 is 0 Å². The van der Waals surface area contributed by atoms with Gasteiger partial charge in [-0.15, -0.1) is 0 Å². The van der Waals surface area contributed by atoms with E-state index in [0.29, 0.717) is 12.1 Å². The van der Waals surface area contributed by atoms with E-state index in [1.807, 2.05) is 0 Å². The molecule has 0 spiro atoms. The summed E-state index contributed by atoms with van der Waals surface area (Å²) in [5.41, 5.74) is 4.54. The van der Waals surface area contributed by atoms with E-state index in [4.69, 9.17) is 5.73 Å². The lowest BCUT2D eigenvalue weighted by molar-refractivity contribution is -0.137. The molecule has 0 aromatic heterocycles. The van der Waals surface area contributed by atoms with Crippen molar-refractivity contribution < 1.29 is 22.7 Å². The molecule has 1 fully saturated rings. The van der Waals surface area contributed by atoms with Crippen LogP contribution in [0.1, 0.15) is 42.9 Å². The molecule has 1 aromatic carbocycles. The maximum atomic E-state index is 13.7. The zero-order valence-electron chi connectivity index (χ0n) is 10.8. The summed E-state index contributed by atoms with van der Waals surface area (Å²) < 4.78 is 51.6. The highest BCUT2D eigenvalue weighted by Gasteiger charge is 2.34. The topological polar surface area (TPSA) is 46.2 Å². The highest BCUT2D eigenvalue weighted by atomic mass is 19.4. The second-order valence-electron chi connectivity index (χ2n) is 5.29. The maximum Gasteiger partial charge on any atom is 0.416 e. The molecule has 20 heavy (non-hydrogen) atoms. The average molecular weight is 291 g/mol. The van der Waals surface area contributed by atoms with E-state index in [-0.39, 0.29) is 11.5 Å². The lowest BCUT2D eigenvalue weighted by Crippen LogP contribution is -2.32. The van der Waals surface area contributed by atoms with Crippen LogP contribution in [0.5, 0.6) is 0 Å². The van der Waals surface area contributed by atoms with Crippen molar-refractivity contribution in [1.82, 2.24) is 0 Å². The van der Waals surface area contributed by atoms with Gasteiger partial charge in [0.05, 0.1) is 17.7 Å². The van der Waals surface area contributed by atoms with E-state index < -0.39 is 29.7 Å². The number of benzene rings is 1. The SMILES string of the molecule is N[C@@H](c1cc(C(F)(F)F)ccc1F)[C@H](O)C1CCCC1. The first-order valence-corrected chi connectivity index (χ1v) is 6.61. The molecular formula is C14H17F4NO. The Morgan fingerprint density at radius 3 is 2.35 bits per heavy atom. The molecular weight excluding hydrogens is 274 g/mol. The van der Waals surface area contributed by atoms with Gasteiger partial charge in [0.15, 0.2) is 0 Å². The Kier molecular flexibility index (Phi) is 4.34. The van der Waals surface area contributed by atoms with Crippen LogP contribution in [-0.2, 0) is 6.18 Å². The van der Waals surface area contributed by atoms with Gasteiger partial charge in [0.25, 0.3) is 0 Å². The number of alkyl halides is 3. The molecule has 0 unspecified atom stereocenters. The van der Waals surface area contributed by atoms with Gasteiger partial charge >= 0.3 is 6.18 Å². The van der Waals surface area contributed by atoms with Gasteiger partial charge in [-0.3, -0.25) is 0 Å². The van der Waals surface area contributed by atoms with E-state index in [1.54, 1.807) is 0 Å². The van der Waals surface area contributed by atoms with Crippen molar-refractivity contribution in [2.24, 2.45) is 11.7 Å². The third-order valence-electron chi connectivity index (χ3n) is 3.93. The predicted octanol–water partition coefficient (Wildman–Crippen LogP) is 3.40. The molecule has 3 N–H and O–H groups in total. The van der Waals surface area contributed by atoms with Crippen LogP contribution in [0.15, 0.2) is 18.2 Å². The Labute approximate surface area is 114 Å². The predicted molar refractivity (Wildman–Crippen MR) is 66.3 cm³/mol. The van der Waals surface area contributed by atoms with Crippen LogP contribution in [0.3, 0.4) is 0 Å². The van der Waals surface area contributed by atoms with Gasteiger partial charge in [0.2, 0.25) is 0 Å². The first-order valence-electron chi connectivity index (χ1n) is 6.61. The van der Waals surface area contributed by atoms with E-state index in [1.165, 1.54) is 0 Å². The normalized spacial score (nSPS) is 20.1. The Bertz CT molecular complexity index is 469. The van der Waals surface area contributed by atoms with Gasteiger partial charge in [0, 0.05) is 5.56 Å². The quantitative estimate of drug-likeness (QED) is 0.838. The number of aliphatic hydroxyl groups is 1. The average Bonchev–Trinajstić information content (AvgIpc) is 2.90. The number of nitrogens with two attached hydrogens (primary N) is 1. The highest BCUT2D eigenvalue weighted by molar-refractivity contribution is 5.30. The molecule has 1 aliphatic carbocycles. The summed E-state index contributed by atoms with van der Waals surface area (Å²) in [6, 6.07) is 0.978. The van der Waals surface area contributed by atoms with Crippen molar-refractivity contribution in [3.8, 4) is 0 Å². The molecule has 2 atom stereocenters. The van der Waals surface area contributed by atoms with E-state index in [2.05, 4.69) is 0 Å². The molecule has 2 rings (SSSR count).